The molecule has 0 N–H and O–H groups in total. The molecule has 1 nitrogen and oxygen atoms in total. The molecule has 21 heavy (non-hydrogen) atoms. The molecule has 106 valence electrons. The smallest absolute Gasteiger partial charge is 0.0976 e. The number of rotatable bonds is 3. The minimum absolute atomic E-state index is 0.578. The lowest BCUT2D eigenvalue weighted by Crippen LogP contribution is -1.88. The maximum atomic E-state index is 6.04. The fraction of sp³-hybridized carbons (Fsp3) is 0.0625. The molecule has 3 aromatic rings. The van der Waals surface area contributed by atoms with Crippen molar-refractivity contribution >= 4 is 50.5 Å². The Bertz CT molecular complexity index is 785. The van der Waals surface area contributed by atoms with Crippen LogP contribution in [0.25, 0.3) is 11.3 Å². The number of aromatic nitrogens is 1. The molecule has 0 aliphatic heterocycles. The average Bonchev–Trinajstić information content (AvgIpc) is 2.91. The zero-order valence-corrected chi connectivity index (χ0v) is 14.7. The maximum absolute atomic E-state index is 6.04. The molecule has 0 saturated carbocycles. The van der Waals surface area contributed by atoms with Crippen LogP contribution in [0.2, 0.25) is 10.0 Å². The van der Waals surface area contributed by atoms with Crippen LogP contribution in [0.1, 0.15) is 10.6 Å². The van der Waals surface area contributed by atoms with Gasteiger partial charge in [0.2, 0.25) is 0 Å². The van der Waals surface area contributed by atoms with E-state index >= 15 is 0 Å². The monoisotopic (exact) mass is 397 g/mol. The van der Waals surface area contributed by atoms with Gasteiger partial charge in [0, 0.05) is 21.8 Å². The first kappa shape index (κ1) is 15.0. The predicted octanol–water partition coefficient (Wildman–Crippen LogP) is 6.47. The molecule has 5 heteroatoms. The van der Waals surface area contributed by atoms with Crippen LogP contribution in [-0.4, -0.2) is 4.98 Å². The van der Waals surface area contributed by atoms with Crippen molar-refractivity contribution in [3.63, 3.8) is 0 Å². The number of nitrogens with zero attached hydrogens (tertiary/aromatic N) is 1. The highest BCUT2D eigenvalue weighted by molar-refractivity contribution is 9.10. The Kier molecular flexibility index (Phi) is 4.65. The summed E-state index contributed by atoms with van der Waals surface area (Å²) in [5.41, 5.74) is 3.22. The van der Waals surface area contributed by atoms with Crippen LogP contribution in [0.5, 0.6) is 0 Å². The minimum Gasteiger partial charge on any atom is -0.241 e. The third-order valence-corrected chi connectivity index (χ3v) is 5.09. The highest BCUT2D eigenvalue weighted by Gasteiger charge is 2.07. The fourth-order valence-electron chi connectivity index (χ4n) is 2.00. The quantitative estimate of drug-likeness (QED) is 0.492. The average molecular weight is 399 g/mol. The van der Waals surface area contributed by atoms with Crippen molar-refractivity contribution in [1.29, 1.82) is 0 Å². The van der Waals surface area contributed by atoms with Gasteiger partial charge in [0.15, 0.2) is 0 Å². The van der Waals surface area contributed by atoms with Gasteiger partial charge in [-0.2, -0.15) is 0 Å². The Morgan fingerprint density at radius 2 is 1.90 bits per heavy atom. The summed E-state index contributed by atoms with van der Waals surface area (Å²) < 4.78 is 1.05. The highest BCUT2D eigenvalue weighted by Crippen LogP contribution is 2.27. The molecule has 0 spiro atoms. The van der Waals surface area contributed by atoms with E-state index in [0.717, 1.165) is 32.7 Å². The van der Waals surface area contributed by atoms with Gasteiger partial charge in [0.05, 0.1) is 20.7 Å². The molecule has 0 fully saturated rings. The number of benzene rings is 2. The first-order valence-electron chi connectivity index (χ1n) is 6.26. The van der Waals surface area contributed by atoms with E-state index in [1.54, 1.807) is 11.3 Å². The summed E-state index contributed by atoms with van der Waals surface area (Å²) in [6.07, 6.45) is 0.759. The minimum atomic E-state index is 0.578. The summed E-state index contributed by atoms with van der Waals surface area (Å²) in [6, 6.07) is 13.8. The second kappa shape index (κ2) is 6.49. The summed E-state index contributed by atoms with van der Waals surface area (Å²) in [5.74, 6) is 0. The van der Waals surface area contributed by atoms with Gasteiger partial charge in [0.1, 0.15) is 0 Å². The van der Waals surface area contributed by atoms with Crippen LogP contribution in [0.3, 0.4) is 0 Å². The third-order valence-electron chi connectivity index (χ3n) is 3.01. The second-order valence-corrected chi connectivity index (χ2v) is 7.23. The molecule has 0 bridgehead atoms. The van der Waals surface area contributed by atoms with Crippen molar-refractivity contribution in [1.82, 2.24) is 4.98 Å². The lowest BCUT2D eigenvalue weighted by Gasteiger charge is -2.01. The fourth-order valence-corrected chi connectivity index (χ4v) is 3.55. The SMILES string of the molecule is Clc1ccc(Cc2nc(-c3cccc(Br)c3)cs2)cc1Cl. The molecule has 1 heterocycles. The van der Waals surface area contributed by atoms with Crippen molar-refractivity contribution in [2.24, 2.45) is 0 Å². The largest absolute Gasteiger partial charge is 0.241 e. The van der Waals surface area contributed by atoms with E-state index in [9.17, 15) is 0 Å². The van der Waals surface area contributed by atoms with Crippen LogP contribution in [-0.2, 0) is 6.42 Å². The molecule has 3 rings (SSSR count). The van der Waals surface area contributed by atoms with Gasteiger partial charge < -0.3 is 0 Å². The van der Waals surface area contributed by atoms with E-state index in [1.165, 1.54) is 0 Å². The van der Waals surface area contributed by atoms with E-state index in [2.05, 4.69) is 33.4 Å². The standard InChI is InChI=1S/C16H10BrCl2NS/c17-12-3-1-2-11(8-12)15-9-21-16(20-15)7-10-4-5-13(18)14(19)6-10/h1-6,8-9H,7H2. The van der Waals surface area contributed by atoms with E-state index in [-0.39, 0.29) is 0 Å². The van der Waals surface area contributed by atoms with E-state index < -0.39 is 0 Å². The Balaban J connectivity index is 1.83. The molecule has 0 aliphatic rings. The topological polar surface area (TPSA) is 12.9 Å². The van der Waals surface area contributed by atoms with E-state index in [0.29, 0.717) is 10.0 Å². The van der Waals surface area contributed by atoms with Gasteiger partial charge in [-0.1, -0.05) is 57.3 Å². The van der Waals surface area contributed by atoms with E-state index in [1.807, 2.05) is 30.3 Å². The van der Waals surface area contributed by atoms with Gasteiger partial charge in [0.25, 0.3) is 0 Å². The molecule has 0 aliphatic carbocycles. The Morgan fingerprint density at radius 3 is 2.67 bits per heavy atom. The lowest BCUT2D eigenvalue weighted by molar-refractivity contribution is 1.14. The summed E-state index contributed by atoms with van der Waals surface area (Å²) in [4.78, 5) is 4.69. The maximum Gasteiger partial charge on any atom is 0.0976 e. The summed E-state index contributed by atoms with van der Waals surface area (Å²) in [6.45, 7) is 0. The van der Waals surface area contributed by atoms with Gasteiger partial charge in [-0.25, -0.2) is 4.98 Å². The molecule has 0 atom stereocenters. The molecule has 2 aromatic carbocycles. The third kappa shape index (κ3) is 3.67. The molecule has 0 saturated heterocycles. The Morgan fingerprint density at radius 1 is 1.05 bits per heavy atom. The number of thiazole rings is 1. The zero-order chi connectivity index (χ0) is 14.8. The molecule has 0 unspecified atom stereocenters. The number of halogens is 3. The molecular weight excluding hydrogens is 389 g/mol. The van der Waals surface area contributed by atoms with Gasteiger partial charge >= 0.3 is 0 Å². The first-order valence-corrected chi connectivity index (χ1v) is 8.69. The van der Waals surface area contributed by atoms with E-state index in [4.69, 9.17) is 28.2 Å². The number of hydrogen-bond acceptors (Lipinski definition) is 2. The Hall–Kier alpha value is -0.870. The van der Waals surface area contributed by atoms with Crippen LogP contribution in [0, 0.1) is 0 Å². The van der Waals surface area contributed by atoms with Crippen LogP contribution in [0.15, 0.2) is 52.3 Å². The zero-order valence-electron chi connectivity index (χ0n) is 10.8. The van der Waals surface area contributed by atoms with Gasteiger partial charge in [-0.15, -0.1) is 11.3 Å². The lowest BCUT2D eigenvalue weighted by atomic mass is 10.1. The first-order chi connectivity index (χ1) is 10.1. The van der Waals surface area contributed by atoms with Crippen LogP contribution >= 0.6 is 50.5 Å². The van der Waals surface area contributed by atoms with Crippen molar-refractivity contribution in [3.8, 4) is 11.3 Å². The van der Waals surface area contributed by atoms with Crippen molar-refractivity contribution in [2.45, 2.75) is 6.42 Å². The second-order valence-electron chi connectivity index (χ2n) is 4.56. The number of hydrogen-bond donors (Lipinski definition) is 0. The van der Waals surface area contributed by atoms with Crippen molar-refractivity contribution in [2.75, 3.05) is 0 Å². The Labute approximate surface area is 145 Å². The normalized spacial score (nSPS) is 10.8. The summed E-state index contributed by atoms with van der Waals surface area (Å²) in [7, 11) is 0. The highest BCUT2D eigenvalue weighted by atomic mass is 79.9. The van der Waals surface area contributed by atoms with Crippen LogP contribution < -0.4 is 0 Å². The van der Waals surface area contributed by atoms with Crippen LogP contribution in [0.4, 0.5) is 0 Å². The van der Waals surface area contributed by atoms with Gasteiger partial charge in [-0.3, -0.25) is 0 Å². The molecule has 0 amide bonds. The predicted molar refractivity (Wildman–Crippen MR) is 94.5 cm³/mol. The molecular formula is C16H10BrCl2NS. The van der Waals surface area contributed by atoms with Crippen molar-refractivity contribution < 1.29 is 0 Å². The molecule has 0 radical (unpaired) electrons. The summed E-state index contributed by atoms with van der Waals surface area (Å²) in [5, 5.41) is 4.30. The summed E-state index contributed by atoms with van der Waals surface area (Å²) >= 11 is 17.1. The van der Waals surface area contributed by atoms with Gasteiger partial charge in [-0.05, 0) is 29.8 Å². The van der Waals surface area contributed by atoms with Crippen molar-refractivity contribution in [3.05, 3.63) is 72.9 Å². The molecule has 1 aromatic heterocycles.